The quantitative estimate of drug-likeness (QED) is 0.703. The highest BCUT2D eigenvalue weighted by Crippen LogP contribution is 2.29. The van der Waals surface area contributed by atoms with E-state index in [0.29, 0.717) is 16.3 Å². The molecule has 0 unspecified atom stereocenters. The Kier molecular flexibility index (Phi) is 5.27. The fourth-order valence-corrected chi connectivity index (χ4v) is 4.39. The summed E-state index contributed by atoms with van der Waals surface area (Å²) < 4.78 is 28.4. The molecule has 4 rings (SSSR count). The number of fused-ring (bicyclic) bond motifs is 1. The summed E-state index contributed by atoms with van der Waals surface area (Å²) in [5.41, 5.74) is -0.323. The molecule has 1 atom stereocenters. The van der Waals surface area contributed by atoms with Crippen molar-refractivity contribution in [3.8, 4) is 0 Å². The molecule has 1 aromatic carbocycles. The van der Waals surface area contributed by atoms with Crippen molar-refractivity contribution in [3.63, 3.8) is 0 Å². The fraction of sp³-hybridized carbons (Fsp3) is 0.368. The summed E-state index contributed by atoms with van der Waals surface area (Å²) in [5, 5.41) is 3.02. The third-order valence-corrected chi connectivity index (χ3v) is 5.91. The van der Waals surface area contributed by atoms with E-state index in [-0.39, 0.29) is 12.2 Å². The van der Waals surface area contributed by atoms with Crippen molar-refractivity contribution in [3.05, 3.63) is 46.5 Å². The van der Waals surface area contributed by atoms with E-state index in [2.05, 4.69) is 27.1 Å². The van der Waals surface area contributed by atoms with Gasteiger partial charge < -0.3 is 10.2 Å². The van der Waals surface area contributed by atoms with Gasteiger partial charge in [-0.2, -0.15) is 4.98 Å². The van der Waals surface area contributed by atoms with Gasteiger partial charge in [0, 0.05) is 19.2 Å². The first-order chi connectivity index (χ1) is 13.9. The summed E-state index contributed by atoms with van der Waals surface area (Å²) >= 11 is 1.26. The second-order valence-electron chi connectivity index (χ2n) is 7.19. The van der Waals surface area contributed by atoms with Gasteiger partial charge in [0.1, 0.15) is 29.2 Å². The molecule has 29 heavy (non-hydrogen) atoms. The van der Waals surface area contributed by atoms with Gasteiger partial charge in [-0.25, -0.2) is 13.8 Å². The second-order valence-corrected chi connectivity index (χ2v) is 8.17. The molecule has 1 aliphatic rings. The van der Waals surface area contributed by atoms with Gasteiger partial charge in [0.25, 0.3) is 5.56 Å². The van der Waals surface area contributed by atoms with Gasteiger partial charge in [0.05, 0.1) is 5.69 Å². The lowest BCUT2D eigenvalue weighted by Crippen LogP contribution is -2.34. The van der Waals surface area contributed by atoms with Gasteiger partial charge in [-0.05, 0) is 30.9 Å². The number of nitrogens with one attached hydrogen (secondary N) is 1. The van der Waals surface area contributed by atoms with E-state index in [1.165, 1.54) is 24.1 Å². The molecule has 0 bridgehead atoms. The van der Waals surface area contributed by atoms with Gasteiger partial charge in [0.2, 0.25) is 5.91 Å². The van der Waals surface area contributed by atoms with Crippen molar-refractivity contribution in [1.29, 1.82) is 0 Å². The van der Waals surface area contributed by atoms with Crippen LogP contribution in [0.1, 0.15) is 19.8 Å². The molecule has 152 valence electrons. The predicted molar refractivity (Wildman–Crippen MR) is 107 cm³/mol. The average Bonchev–Trinajstić information content (AvgIpc) is 3.12. The third-order valence-electron chi connectivity index (χ3n) is 4.82. The van der Waals surface area contributed by atoms with Crippen LogP contribution in [0.3, 0.4) is 0 Å². The van der Waals surface area contributed by atoms with E-state index < -0.39 is 23.1 Å². The highest BCUT2D eigenvalue weighted by molar-refractivity contribution is 7.22. The monoisotopic (exact) mass is 419 g/mol. The van der Waals surface area contributed by atoms with E-state index in [9.17, 15) is 18.4 Å². The van der Waals surface area contributed by atoms with Gasteiger partial charge in [-0.15, -0.1) is 0 Å². The maximum atomic E-state index is 13.7. The van der Waals surface area contributed by atoms with Crippen molar-refractivity contribution in [1.82, 2.24) is 14.5 Å². The Balaban J connectivity index is 1.55. The first-order valence-corrected chi connectivity index (χ1v) is 10.1. The van der Waals surface area contributed by atoms with Crippen LogP contribution >= 0.6 is 11.3 Å². The lowest BCUT2D eigenvalue weighted by Gasteiger charge is -2.30. The third kappa shape index (κ3) is 4.12. The topological polar surface area (TPSA) is 80.1 Å². The normalized spacial score (nSPS) is 16.9. The average molecular weight is 419 g/mol. The highest BCUT2D eigenvalue weighted by atomic mass is 32.1. The van der Waals surface area contributed by atoms with Crippen molar-refractivity contribution in [2.75, 3.05) is 23.3 Å². The zero-order chi connectivity index (χ0) is 20.5. The zero-order valence-electron chi connectivity index (χ0n) is 15.7. The summed E-state index contributed by atoms with van der Waals surface area (Å²) in [6.07, 6.45) is 3.49. The minimum absolute atomic E-state index is 0.281. The fourth-order valence-electron chi connectivity index (χ4n) is 3.38. The van der Waals surface area contributed by atoms with Crippen LogP contribution in [-0.4, -0.2) is 33.5 Å². The van der Waals surface area contributed by atoms with Crippen molar-refractivity contribution in [2.24, 2.45) is 5.92 Å². The zero-order valence-corrected chi connectivity index (χ0v) is 16.5. The molecule has 1 fully saturated rings. The van der Waals surface area contributed by atoms with Crippen LogP contribution in [0.4, 0.5) is 19.6 Å². The Morgan fingerprint density at radius 2 is 2.21 bits per heavy atom. The molecule has 1 aliphatic heterocycles. The number of amides is 1. The van der Waals surface area contributed by atoms with Crippen molar-refractivity contribution in [2.45, 2.75) is 26.3 Å². The molecule has 3 heterocycles. The molecule has 10 heteroatoms. The molecule has 0 spiro atoms. The van der Waals surface area contributed by atoms with Gasteiger partial charge in [-0.3, -0.25) is 14.2 Å². The summed E-state index contributed by atoms with van der Waals surface area (Å²) in [4.78, 5) is 35.8. The minimum Gasteiger partial charge on any atom is -0.348 e. The van der Waals surface area contributed by atoms with Crippen LogP contribution in [0.2, 0.25) is 0 Å². The van der Waals surface area contributed by atoms with Crippen molar-refractivity contribution >= 4 is 38.4 Å². The van der Waals surface area contributed by atoms with Crippen molar-refractivity contribution < 1.29 is 13.6 Å². The second kappa shape index (κ2) is 7.86. The number of aromatic nitrogens is 3. The number of piperidine rings is 1. The summed E-state index contributed by atoms with van der Waals surface area (Å²) in [6, 6.07) is 2.76. The maximum Gasteiger partial charge on any atom is 0.273 e. The summed E-state index contributed by atoms with van der Waals surface area (Å²) in [6.45, 7) is 3.59. The minimum atomic E-state index is -0.761. The first-order valence-electron chi connectivity index (χ1n) is 9.26. The largest absolute Gasteiger partial charge is 0.348 e. The molecule has 3 aromatic rings. The SMILES string of the molecule is C[C@H]1CCCN(c2nc3ncn(CC(=O)Nc4cc(F)ccc4F)c(=O)c3s2)C1. The number of hydrogen-bond donors (Lipinski definition) is 1. The summed E-state index contributed by atoms with van der Waals surface area (Å²) in [7, 11) is 0. The Bertz CT molecular complexity index is 1130. The van der Waals surface area contributed by atoms with Gasteiger partial charge in [0.15, 0.2) is 10.8 Å². The van der Waals surface area contributed by atoms with E-state index in [1.807, 2.05) is 0 Å². The number of rotatable bonds is 4. The van der Waals surface area contributed by atoms with E-state index in [0.717, 1.165) is 47.4 Å². The lowest BCUT2D eigenvalue weighted by molar-refractivity contribution is -0.116. The molecule has 1 N–H and O–H groups in total. The molecular weight excluding hydrogens is 400 g/mol. The van der Waals surface area contributed by atoms with E-state index in [4.69, 9.17) is 0 Å². The highest BCUT2D eigenvalue weighted by Gasteiger charge is 2.21. The molecule has 1 amide bonds. The molecule has 0 radical (unpaired) electrons. The molecule has 0 aliphatic carbocycles. The van der Waals surface area contributed by atoms with Gasteiger partial charge in [-0.1, -0.05) is 18.3 Å². The Hall–Kier alpha value is -2.88. The molecule has 2 aromatic heterocycles. The number of carbonyl (C=O) groups is 1. The Morgan fingerprint density at radius 3 is 3.00 bits per heavy atom. The number of nitrogens with zero attached hydrogens (tertiary/aromatic N) is 4. The van der Waals surface area contributed by atoms with Gasteiger partial charge >= 0.3 is 0 Å². The number of thiazole rings is 1. The van der Waals surface area contributed by atoms with Crippen LogP contribution in [0.5, 0.6) is 0 Å². The van der Waals surface area contributed by atoms with Crippen LogP contribution in [0, 0.1) is 17.6 Å². The lowest BCUT2D eigenvalue weighted by atomic mass is 10.0. The number of hydrogen-bond acceptors (Lipinski definition) is 6. The first kappa shape index (κ1) is 19.4. The Morgan fingerprint density at radius 1 is 1.38 bits per heavy atom. The Labute approximate surface area is 169 Å². The predicted octanol–water partition coefficient (Wildman–Crippen LogP) is 3.01. The molecule has 0 saturated carbocycles. The van der Waals surface area contributed by atoms with Crippen LogP contribution < -0.4 is 15.8 Å². The standard InChI is InChI=1S/C19H19F2N5O2S/c1-11-3-2-6-25(8-11)19-24-17-16(29-19)18(28)26(10-22-17)9-15(27)23-14-7-12(20)4-5-13(14)21/h4-5,7,10-11H,2-3,6,8-9H2,1H3,(H,23,27)/t11-/m0/s1. The maximum absolute atomic E-state index is 13.7. The molecule has 1 saturated heterocycles. The van der Waals surface area contributed by atoms with Crippen LogP contribution in [0.15, 0.2) is 29.3 Å². The molecular formula is C19H19F2N5O2S. The number of benzene rings is 1. The number of anilines is 2. The number of halogens is 2. The summed E-state index contributed by atoms with van der Waals surface area (Å²) in [5.74, 6) is -1.53. The van der Waals surface area contributed by atoms with Crippen LogP contribution in [0.25, 0.3) is 10.3 Å². The van der Waals surface area contributed by atoms with E-state index >= 15 is 0 Å². The molecule has 7 nitrogen and oxygen atoms in total. The van der Waals surface area contributed by atoms with Crippen LogP contribution in [-0.2, 0) is 11.3 Å². The number of carbonyl (C=O) groups excluding carboxylic acids is 1. The van der Waals surface area contributed by atoms with E-state index in [1.54, 1.807) is 0 Å². The smallest absolute Gasteiger partial charge is 0.273 e.